The van der Waals surface area contributed by atoms with E-state index >= 15 is 0 Å². The van der Waals surface area contributed by atoms with Crippen molar-refractivity contribution in [3.63, 3.8) is 0 Å². The van der Waals surface area contributed by atoms with E-state index in [1.54, 1.807) is 0 Å². The van der Waals surface area contributed by atoms with Crippen LogP contribution in [0.4, 0.5) is 0 Å². The molecule has 0 aliphatic heterocycles. The maximum absolute atomic E-state index is 5.53. The van der Waals surface area contributed by atoms with Gasteiger partial charge in [-0.15, -0.1) is 0 Å². The zero-order chi connectivity index (χ0) is 9.84. The molecule has 1 fully saturated rings. The molecule has 2 atom stereocenters. The van der Waals surface area contributed by atoms with Gasteiger partial charge in [0.2, 0.25) is 0 Å². The second-order valence-corrected chi connectivity index (χ2v) is 4.52. The van der Waals surface area contributed by atoms with Crippen molar-refractivity contribution >= 4 is 0 Å². The van der Waals surface area contributed by atoms with Crippen LogP contribution in [0.1, 0.15) is 33.1 Å². The van der Waals surface area contributed by atoms with Crippen LogP contribution in [0.15, 0.2) is 0 Å². The third-order valence-corrected chi connectivity index (χ3v) is 2.98. The summed E-state index contributed by atoms with van der Waals surface area (Å²) in [4.78, 5) is 0. The van der Waals surface area contributed by atoms with Crippen LogP contribution in [0.25, 0.3) is 0 Å². The maximum Gasteiger partial charge on any atom is 0.0747 e. The SMILES string of the molecule is CNC(CC1CC1)C(OC)C(C)C. The van der Waals surface area contributed by atoms with Crippen molar-refractivity contribution in [1.29, 1.82) is 0 Å². The van der Waals surface area contributed by atoms with Gasteiger partial charge in [0.1, 0.15) is 0 Å². The van der Waals surface area contributed by atoms with Crippen LogP contribution in [0.5, 0.6) is 0 Å². The summed E-state index contributed by atoms with van der Waals surface area (Å²) in [6.07, 6.45) is 4.50. The van der Waals surface area contributed by atoms with E-state index in [4.69, 9.17) is 4.74 Å². The number of likely N-dealkylation sites (N-methyl/N-ethyl adjacent to an activating group) is 1. The summed E-state index contributed by atoms with van der Waals surface area (Å²) >= 11 is 0. The summed E-state index contributed by atoms with van der Waals surface area (Å²) in [6.45, 7) is 4.46. The fourth-order valence-electron chi connectivity index (χ4n) is 2.03. The molecule has 1 N–H and O–H groups in total. The number of hydrogen-bond acceptors (Lipinski definition) is 2. The van der Waals surface area contributed by atoms with Gasteiger partial charge in [0, 0.05) is 13.2 Å². The minimum atomic E-state index is 0.366. The number of methoxy groups -OCH3 is 1. The Balaban J connectivity index is 2.39. The lowest BCUT2D eigenvalue weighted by atomic mass is 9.95. The van der Waals surface area contributed by atoms with E-state index in [2.05, 4.69) is 19.2 Å². The molecule has 0 saturated heterocycles. The van der Waals surface area contributed by atoms with Gasteiger partial charge >= 0.3 is 0 Å². The maximum atomic E-state index is 5.53. The highest BCUT2D eigenvalue weighted by molar-refractivity contribution is 4.85. The standard InChI is InChI=1S/C11H23NO/c1-8(2)11(13-4)10(12-3)7-9-5-6-9/h8-12H,5-7H2,1-4H3. The van der Waals surface area contributed by atoms with Crippen molar-refractivity contribution in [2.45, 2.75) is 45.3 Å². The Labute approximate surface area is 82.0 Å². The first-order valence-corrected chi connectivity index (χ1v) is 5.39. The van der Waals surface area contributed by atoms with Crippen LogP contribution in [-0.4, -0.2) is 26.3 Å². The molecule has 0 radical (unpaired) electrons. The van der Waals surface area contributed by atoms with Crippen LogP contribution in [0.2, 0.25) is 0 Å². The van der Waals surface area contributed by atoms with E-state index in [0.717, 1.165) is 5.92 Å². The molecular formula is C11H23NO. The van der Waals surface area contributed by atoms with Gasteiger partial charge in [-0.05, 0) is 25.3 Å². The first-order valence-electron chi connectivity index (χ1n) is 5.39. The average Bonchev–Trinajstić information content (AvgIpc) is 2.87. The quantitative estimate of drug-likeness (QED) is 0.684. The van der Waals surface area contributed by atoms with Gasteiger partial charge in [-0.2, -0.15) is 0 Å². The molecular weight excluding hydrogens is 162 g/mol. The second kappa shape index (κ2) is 4.97. The van der Waals surface area contributed by atoms with Crippen LogP contribution in [-0.2, 0) is 4.74 Å². The van der Waals surface area contributed by atoms with Crippen molar-refractivity contribution in [3.8, 4) is 0 Å². The zero-order valence-corrected chi connectivity index (χ0v) is 9.34. The second-order valence-electron chi connectivity index (χ2n) is 4.52. The Morgan fingerprint density at radius 1 is 1.38 bits per heavy atom. The highest BCUT2D eigenvalue weighted by Crippen LogP contribution is 2.34. The fourth-order valence-corrected chi connectivity index (χ4v) is 2.03. The normalized spacial score (nSPS) is 21.9. The molecule has 0 amide bonds. The van der Waals surface area contributed by atoms with Crippen LogP contribution >= 0.6 is 0 Å². The van der Waals surface area contributed by atoms with Crippen LogP contribution < -0.4 is 5.32 Å². The number of hydrogen-bond donors (Lipinski definition) is 1. The van der Waals surface area contributed by atoms with Gasteiger partial charge < -0.3 is 10.1 Å². The van der Waals surface area contributed by atoms with Crippen molar-refractivity contribution in [2.75, 3.05) is 14.2 Å². The van der Waals surface area contributed by atoms with Crippen molar-refractivity contribution in [1.82, 2.24) is 5.32 Å². The predicted octanol–water partition coefficient (Wildman–Crippen LogP) is 2.05. The minimum Gasteiger partial charge on any atom is -0.380 e. The lowest BCUT2D eigenvalue weighted by molar-refractivity contribution is 0.0313. The first kappa shape index (κ1) is 11.0. The number of ether oxygens (including phenoxy) is 1. The lowest BCUT2D eigenvalue weighted by Crippen LogP contribution is -2.42. The van der Waals surface area contributed by atoms with Crippen LogP contribution in [0.3, 0.4) is 0 Å². The summed E-state index contributed by atoms with van der Waals surface area (Å²) in [5, 5.41) is 3.38. The summed E-state index contributed by atoms with van der Waals surface area (Å²) in [7, 11) is 3.86. The van der Waals surface area contributed by atoms with Gasteiger partial charge in [-0.3, -0.25) is 0 Å². The van der Waals surface area contributed by atoms with Gasteiger partial charge in [-0.25, -0.2) is 0 Å². The molecule has 0 bridgehead atoms. The van der Waals surface area contributed by atoms with Gasteiger partial charge in [0.25, 0.3) is 0 Å². The summed E-state index contributed by atoms with van der Waals surface area (Å²) in [6, 6.07) is 0.539. The highest BCUT2D eigenvalue weighted by Gasteiger charge is 2.30. The van der Waals surface area contributed by atoms with Crippen LogP contribution in [0, 0.1) is 11.8 Å². The first-order chi connectivity index (χ1) is 6.19. The molecule has 78 valence electrons. The largest absolute Gasteiger partial charge is 0.380 e. The van der Waals surface area contributed by atoms with E-state index in [0.29, 0.717) is 18.1 Å². The van der Waals surface area contributed by atoms with Crippen molar-refractivity contribution < 1.29 is 4.74 Å². The molecule has 1 aliphatic rings. The predicted molar refractivity (Wildman–Crippen MR) is 55.8 cm³/mol. The highest BCUT2D eigenvalue weighted by atomic mass is 16.5. The zero-order valence-electron chi connectivity index (χ0n) is 9.34. The van der Waals surface area contributed by atoms with E-state index in [9.17, 15) is 0 Å². The van der Waals surface area contributed by atoms with Crippen molar-refractivity contribution in [3.05, 3.63) is 0 Å². The Morgan fingerprint density at radius 2 is 2.00 bits per heavy atom. The van der Waals surface area contributed by atoms with E-state index < -0.39 is 0 Å². The molecule has 13 heavy (non-hydrogen) atoms. The molecule has 2 nitrogen and oxygen atoms in total. The molecule has 0 aromatic rings. The Hall–Kier alpha value is -0.0800. The summed E-state index contributed by atoms with van der Waals surface area (Å²) in [5.41, 5.74) is 0. The van der Waals surface area contributed by atoms with Gasteiger partial charge in [0.05, 0.1) is 6.10 Å². The average molecular weight is 185 g/mol. The smallest absolute Gasteiger partial charge is 0.0747 e. The summed E-state index contributed by atoms with van der Waals surface area (Å²) in [5.74, 6) is 1.56. The molecule has 0 spiro atoms. The summed E-state index contributed by atoms with van der Waals surface area (Å²) < 4.78 is 5.53. The third kappa shape index (κ3) is 3.28. The molecule has 0 heterocycles. The van der Waals surface area contributed by atoms with Gasteiger partial charge in [-0.1, -0.05) is 26.7 Å². The van der Waals surface area contributed by atoms with E-state index in [-0.39, 0.29) is 0 Å². The lowest BCUT2D eigenvalue weighted by Gasteiger charge is -2.28. The topological polar surface area (TPSA) is 21.3 Å². The number of rotatable bonds is 6. The van der Waals surface area contributed by atoms with Gasteiger partial charge in [0.15, 0.2) is 0 Å². The molecule has 1 saturated carbocycles. The fraction of sp³-hybridized carbons (Fsp3) is 1.00. The molecule has 2 heteroatoms. The molecule has 0 aromatic carbocycles. The van der Waals surface area contributed by atoms with Crippen molar-refractivity contribution in [2.24, 2.45) is 11.8 Å². The Morgan fingerprint density at radius 3 is 2.31 bits per heavy atom. The number of nitrogens with one attached hydrogen (secondary N) is 1. The molecule has 2 unspecified atom stereocenters. The molecule has 0 aromatic heterocycles. The minimum absolute atomic E-state index is 0.366. The third-order valence-electron chi connectivity index (χ3n) is 2.98. The Bertz CT molecular complexity index is 143. The molecule has 1 rings (SSSR count). The van der Waals surface area contributed by atoms with E-state index in [1.807, 2.05) is 14.2 Å². The molecule has 1 aliphatic carbocycles. The monoisotopic (exact) mass is 185 g/mol. The van der Waals surface area contributed by atoms with E-state index in [1.165, 1.54) is 19.3 Å². The Kier molecular flexibility index (Phi) is 4.20.